The van der Waals surface area contributed by atoms with Gasteiger partial charge in [0.05, 0.1) is 43.7 Å². The van der Waals surface area contributed by atoms with Crippen LogP contribution in [0.1, 0.15) is 43.5 Å². The van der Waals surface area contributed by atoms with Crippen LogP contribution in [0.4, 0.5) is 0 Å². The second kappa shape index (κ2) is 11.4. The van der Waals surface area contributed by atoms with Crippen molar-refractivity contribution in [1.82, 2.24) is 4.90 Å². The van der Waals surface area contributed by atoms with Gasteiger partial charge < -0.3 is 43.4 Å². The van der Waals surface area contributed by atoms with Gasteiger partial charge in [0.2, 0.25) is 0 Å². The Bertz CT molecular complexity index is 1390. The highest BCUT2D eigenvalue weighted by Gasteiger charge is 2.90. The van der Waals surface area contributed by atoms with Gasteiger partial charge in [0, 0.05) is 89.4 Å². The average molecular weight is 660 g/mol. The number of esters is 2. The Balaban J connectivity index is 1.47. The van der Waals surface area contributed by atoms with Crippen LogP contribution in [0.2, 0.25) is 0 Å². The normalized spacial score (nSPS) is 47.4. The first-order chi connectivity index (χ1) is 22.5. The second-order valence-electron chi connectivity index (χ2n) is 14.7. The van der Waals surface area contributed by atoms with Gasteiger partial charge in [-0.05, 0) is 43.1 Å². The molecule has 0 aromatic heterocycles. The van der Waals surface area contributed by atoms with Gasteiger partial charge in [-0.1, -0.05) is 6.92 Å². The fourth-order valence-electron chi connectivity index (χ4n) is 12.4. The molecule has 12 nitrogen and oxygen atoms in total. The molecule has 2 N–H and O–H groups in total. The zero-order valence-electron chi connectivity index (χ0n) is 28.3. The summed E-state index contributed by atoms with van der Waals surface area (Å²) in [5.41, 5.74) is -3.89. The summed E-state index contributed by atoms with van der Waals surface area (Å²) < 4.78 is 43.2. The summed E-state index contributed by atoms with van der Waals surface area (Å²) in [4.78, 5) is 29.5. The van der Waals surface area contributed by atoms with Gasteiger partial charge in [-0.25, -0.2) is 4.79 Å². The summed E-state index contributed by atoms with van der Waals surface area (Å²) in [6.07, 6.45) is -2.70. The molecule has 14 atom stereocenters. The topological polar surface area (TPSA) is 142 Å². The number of hydrogen-bond donors (Lipinski definition) is 2. The van der Waals surface area contributed by atoms with E-state index in [1.165, 1.54) is 14.0 Å². The van der Waals surface area contributed by atoms with Crippen LogP contribution >= 0.6 is 0 Å². The van der Waals surface area contributed by atoms with Gasteiger partial charge >= 0.3 is 11.9 Å². The lowest BCUT2D eigenvalue weighted by atomic mass is 9.42. The summed E-state index contributed by atoms with van der Waals surface area (Å²) in [6, 6.07) is 6.44. The van der Waals surface area contributed by atoms with Crippen LogP contribution in [0, 0.1) is 34.5 Å². The van der Waals surface area contributed by atoms with Crippen LogP contribution in [0.15, 0.2) is 24.3 Å². The number of benzene rings is 1. The van der Waals surface area contributed by atoms with Gasteiger partial charge in [0.1, 0.15) is 23.1 Å². The Hall–Kier alpha value is -2.32. The largest absolute Gasteiger partial charge is 0.497 e. The molecule has 1 saturated heterocycles. The third-order valence-corrected chi connectivity index (χ3v) is 13.4. The predicted molar refractivity (Wildman–Crippen MR) is 166 cm³/mol. The summed E-state index contributed by atoms with van der Waals surface area (Å²) in [7, 11) is 8.11. The van der Waals surface area contributed by atoms with E-state index in [4.69, 9.17) is 33.2 Å². The minimum Gasteiger partial charge on any atom is -0.497 e. The molecule has 7 rings (SSSR count). The van der Waals surface area contributed by atoms with Crippen molar-refractivity contribution in [3.8, 4) is 5.75 Å². The van der Waals surface area contributed by atoms with E-state index < -0.39 is 76.3 Å². The molecule has 47 heavy (non-hydrogen) atoms. The first-order valence-corrected chi connectivity index (χ1v) is 16.7. The highest BCUT2D eigenvalue weighted by molar-refractivity contribution is 5.89. The standard InChI is InChI=1S/C35H49NO11/c1-8-36-16-32(17-41-3)22(38)13-23(43-5)35-21-14-33(40)24(44-6)15-34(47-18(2)37,26(29(35)36)27(45-7)28(32)35)25(21)30(33)46-31(39)19-9-11-20(42-4)12-10-19/h9-12,21-30,38,40H,8,13-17H2,1-7H3/t21-,22-,23+,24+,25-,26?,27+,28-,29?,30?,32+,33-,34-,35?/m1/s1. The fourth-order valence-corrected chi connectivity index (χ4v) is 12.4. The number of methoxy groups -OCH3 is 5. The molecule has 1 spiro atoms. The van der Waals surface area contributed by atoms with Crippen molar-refractivity contribution in [2.75, 3.05) is 55.2 Å². The van der Waals surface area contributed by atoms with Crippen LogP contribution in [0.25, 0.3) is 0 Å². The summed E-state index contributed by atoms with van der Waals surface area (Å²) >= 11 is 0. The molecule has 4 unspecified atom stereocenters. The number of aliphatic hydroxyl groups is 2. The van der Waals surface area contributed by atoms with Crippen molar-refractivity contribution in [3.63, 3.8) is 0 Å². The number of rotatable bonds is 10. The molecule has 0 amide bonds. The van der Waals surface area contributed by atoms with E-state index in [1.807, 2.05) is 0 Å². The van der Waals surface area contributed by atoms with Gasteiger partial charge in [0.25, 0.3) is 0 Å². The average Bonchev–Trinajstić information content (AvgIpc) is 3.43. The van der Waals surface area contributed by atoms with Crippen molar-refractivity contribution >= 4 is 11.9 Å². The highest BCUT2D eigenvalue weighted by atomic mass is 16.6. The van der Waals surface area contributed by atoms with Crippen molar-refractivity contribution in [2.45, 2.75) is 80.9 Å². The fraction of sp³-hybridized carbons (Fsp3) is 0.771. The van der Waals surface area contributed by atoms with E-state index in [-0.39, 0.29) is 30.7 Å². The molecule has 12 heteroatoms. The number of likely N-dealkylation sites (tertiary alicyclic amines) is 1. The first kappa shape index (κ1) is 33.2. The highest BCUT2D eigenvalue weighted by Crippen LogP contribution is 2.80. The van der Waals surface area contributed by atoms with Crippen LogP contribution in [-0.4, -0.2) is 130 Å². The molecule has 7 bridgehead atoms. The SMILES string of the molecule is CCN1C[C@]2(COC)[C@H](O)C[C@H](OC)C34C1C([C@H](OC)[C@@H]32)[C@@]1(OC(C)=O)C[C@H](OC)[C@]2(O)C[C@@H]4[C@@H]1C2OC(=O)c1ccc(OC)cc1. The third-order valence-electron chi connectivity index (χ3n) is 13.4. The minimum atomic E-state index is -1.58. The lowest BCUT2D eigenvalue weighted by Gasteiger charge is -2.70. The number of carbonyl (C=O) groups excluding carboxylic acids is 2. The molecule has 5 aliphatic carbocycles. The summed E-state index contributed by atoms with van der Waals surface area (Å²) in [5.74, 6) is -2.10. The smallest absolute Gasteiger partial charge is 0.338 e. The predicted octanol–water partition coefficient (Wildman–Crippen LogP) is 1.69. The van der Waals surface area contributed by atoms with Crippen LogP contribution in [-0.2, 0) is 33.2 Å². The molecule has 260 valence electrons. The maximum absolute atomic E-state index is 13.9. The number of carbonyl (C=O) groups is 2. The van der Waals surface area contributed by atoms with Crippen molar-refractivity contribution < 1.29 is 53.0 Å². The Morgan fingerprint density at radius 3 is 2.26 bits per heavy atom. The Kier molecular flexibility index (Phi) is 8.02. The van der Waals surface area contributed by atoms with Crippen LogP contribution < -0.4 is 4.74 Å². The van der Waals surface area contributed by atoms with Gasteiger partial charge in [-0.2, -0.15) is 0 Å². The molecule has 6 aliphatic rings. The number of aliphatic hydroxyl groups excluding tert-OH is 1. The zero-order chi connectivity index (χ0) is 33.7. The Morgan fingerprint density at radius 1 is 0.979 bits per heavy atom. The van der Waals surface area contributed by atoms with E-state index in [9.17, 15) is 19.8 Å². The quantitative estimate of drug-likeness (QED) is 0.353. The summed E-state index contributed by atoms with van der Waals surface area (Å²) in [6.45, 7) is 5.04. The molecular formula is C35H49NO11. The van der Waals surface area contributed by atoms with E-state index >= 15 is 0 Å². The number of ether oxygens (including phenoxy) is 7. The Morgan fingerprint density at radius 2 is 1.68 bits per heavy atom. The summed E-state index contributed by atoms with van der Waals surface area (Å²) in [5, 5.41) is 24.8. The maximum Gasteiger partial charge on any atom is 0.338 e. The first-order valence-electron chi connectivity index (χ1n) is 16.7. The number of nitrogens with zero attached hydrogens (tertiary/aromatic N) is 1. The van der Waals surface area contributed by atoms with E-state index in [2.05, 4.69) is 11.8 Å². The molecule has 0 radical (unpaired) electrons. The van der Waals surface area contributed by atoms with Crippen LogP contribution in [0.5, 0.6) is 5.75 Å². The number of hydrogen-bond acceptors (Lipinski definition) is 12. The molecule has 1 aromatic carbocycles. The zero-order valence-corrected chi connectivity index (χ0v) is 28.3. The van der Waals surface area contributed by atoms with Crippen LogP contribution in [0.3, 0.4) is 0 Å². The van der Waals surface area contributed by atoms with E-state index in [0.29, 0.717) is 37.4 Å². The third kappa shape index (κ3) is 4.00. The monoisotopic (exact) mass is 659 g/mol. The lowest BCUT2D eigenvalue weighted by Crippen LogP contribution is -2.79. The van der Waals surface area contributed by atoms with Crippen molar-refractivity contribution in [1.29, 1.82) is 0 Å². The molecule has 6 fully saturated rings. The van der Waals surface area contributed by atoms with Gasteiger partial charge in [-0.3, -0.25) is 9.69 Å². The number of fused-ring (bicyclic) bond motifs is 2. The second-order valence-corrected chi connectivity index (χ2v) is 14.7. The van der Waals surface area contributed by atoms with Crippen molar-refractivity contribution in [3.05, 3.63) is 29.8 Å². The molecule has 1 heterocycles. The van der Waals surface area contributed by atoms with Gasteiger partial charge in [0.15, 0.2) is 0 Å². The maximum atomic E-state index is 13.9. The molecule has 5 saturated carbocycles. The minimum absolute atomic E-state index is 0.179. The van der Waals surface area contributed by atoms with E-state index in [1.54, 1.807) is 52.7 Å². The number of piperidine rings is 1. The van der Waals surface area contributed by atoms with E-state index in [0.717, 1.165) is 0 Å². The lowest BCUT2D eigenvalue weighted by molar-refractivity contribution is -0.300. The molecule has 1 aliphatic heterocycles. The van der Waals surface area contributed by atoms with Crippen molar-refractivity contribution in [2.24, 2.45) is 34.5 Å². The Labute approximate surface area is 275 Å². The molecular weight excluding hydrogens is 610 g/mol. The van der Waals surface area contributed by atoms with Gasteiger partial charge in [-0.15, -0.1) is 0 Å². The molecule has 1 aromatic rings.